The lowest BCUT2D eigenvalue weighted by atomic mass is 10.1. The minimum Gasteiger partial charge on any atom is -0.379 e. The Morgan fingerprint density at radius 1 is 0.773 bits per heavy atom. The van der Waals surface area contributed by atoms with Gasteiger partial charge in [-0.3, -0.25) is 4.90 Å². The molecule has 116 valence electrons. The van der Waals surface area contributed by atoms with Crippen LogP contribution in [0.1, 0.15) is 16.7 Å². The summed E-state index contributed by atoms with van der Waals surface area (Å²) in [7, 11) is 0. The third-order valence-electron chi connectivity index (χ3n) is 4.03. The minimum atomic E-state index is 0.863. The van der Waals surface area contributed by atoms with E-state index in [0.717, 1.165) is 45.9 Å². The Bertz CT molecular complexity index is 547. The first-order chi connectivity index (χ1) is 10.9. The fourth-order valence-corrected chi connectivity index (χ4v) is 2.73. The first kappa shape index (κ1) is 15.2. The van der Waals surface area contributed by atoms with Gasteiger partial charge in [-0.15, -0.1) is 0 Å². The molecule has 0 saturated carbocycles. The van der Waals surface area contributed by atoms with Gasteiger partial charge in [0.2, 0.25) is 0 Å². The summed E-state index contributed by atoms with van der Waals surface area (Å²) in [6, 6.07) is 19.5. The highest BCUT2D eigenvalue weighted by Gasteiger charge is 2.10. The van der Waals surface area contributed by atoms with Gasteiger partial charge in [0.15, 0.2) is 0 Å². The van der Waals surface area contributed by atoms with Crippen LogP contribution in [0.4, 0.5) is 0 Å². The summed E-state index contributed by atoms with van der Waals surface area (Å²) in [5.41, 5.74) is 4.04. The monoisotopic (exact) mass is 296 g/mol. The van der Waals surface area contributed by atoms with Gasteiger partial charge in [0.25, 0.3) is 0 Å². The molecule has 0 aliphatic carbocycles. The van der Waals surface area contributed by atoms with Gasteiger partial charge < -0.3 is 10.1 Å². The first-order valence-electron chi connectivity index (χ1n) is 8.03. The van der Waals surface area contributed by atoms with Crippen molar-refractivity contribution in [2.24, 2.45) is 0 Å². The second-order valence-electron chi connectivity index (χ2n) is 5.79. The molecular formula is C19H24N2O. The van der Waals surface area contributed by atoms with Crippen molar-refractivity contribution in [2.75, 3.05) is 26.3 Å². The molecular weight excluding hydrogens is 272 g/mol. The van der Waals surface area contributed by atoms with Crippen LogP contribution < -0.4 is 5.32 Å². The fourth-order valence-electron chi connectivity index (χ4n) is 2.73. The van der Waals surface area contributed by atoms with Crippen molar-refractivity contribution in [3.63, 3.8) is 0 Å². The van der Waals surface area contributed by atoms with Gasteiger partial charge >= 0.3 is 0 Å². The average molecular weight is 296 g/mol. The van der Waals surface area contributed by atoms with Crippen molar-refractivity contribution < 1.29 is 4.74 Å². The van der Waals surface area contributed by atoms with Gasteiger partial charge in [0, 0.05) is 32.7 Å². The smallest absolute Gasteiger partial charge is 0.0594 e. The van der Waals surface area contributed by atoms with Crippen LogP contribution in [0.3, 0.4) is 0 Å². The molecule has 0 spiro atoms. The Labute approximate surface area is 132 Å². The molecule has 3 rings (SSSR count). The van der Waals surface area contributed by atoms with E-state index in [4.69, 9.17) is 4.74 Å². The van der Waals surface area contributed by atoms with E-state index in [-0.39, 0.29) is 0 Å². The normalized spacial score (nSPS) is 15.8. The summed E-state index contributed by atoms with van der Waals surface area (Å²) in [6.45, 7) is 6.66. The molecule has 3 nitrogen and oxygen atoms in total. The number of nitrogens with one attached hydrogen (secondary N) is 1. The molecule has 0 aromatic heterocycles. The van der Waals surface area contributed by atoms with Gasteiger partial charge in [-0.1, -0.05) is 54.6 Å². The lowest BCUT2D eigenvalue weighted by Crippen LogP contribution is -2.35. The van der Waals surface area contributed by atoms with Crippen LogP contribution in [0.15, 0.2) is 54.6 Å². The molecule has 1 heterocycles. The Morgan fingerprint density at radius 3 is 2.05 bits per heavy atom. The Balaban J connectivity index is 1.44. The van der Waals surface area contributed by atoms with Crippen LogP contribution in [0, 0.1) is 0 Å². The van der Waals surface area contributed by atoms with E-state index in [1.165, 1.54) is 16.7 Å². The highest BCUT2D eigenvalue weighted by atomic mass is 16.5. The summed E-state index contributed by atoms with van der Waals surface area (Å²) >= 11 is 0. The SMILES string of the molecule is c1ccc(CNCc2ccc(CN3CCOCC3)cc2)cc1. The maximum Gasteiger partial charge on any atom is 0.0594 e. The maximum absolute atomic E-state index is 5.39. The third kappa shape index (κ3) is 4.67. The number of nitrogens with zero attached hydrogens (tertiary/aromatic N) is 1. The summed E-state index contributed by atoms with van der Waals surface area (Å²) in [4.78, 5) is 2.45. The number of hydrogen-bond donors (Lipinski definition) is 1. The van der Waals surface area contributed by atoms with Gasteiger partial charge in [-0.2, -0.15) is 0 Å². The van der Waals surface area contributed by atoms with E-state index in [1.807, 2.05) is 0 Å². The zero-order valence-electron chi connectivity index (χ0n) is 13.0. The molecule has 1 N–H and O–H groups in total. The number of morpholine rings is 1. The van der Waals surface area contributed by atoms with Gasteiger partial charge in [0.1, 0.15) is 0 Å². The van der Waals surface area contributed by atoms with Crippen LogP contribution in [-0.4, -0.2) is 31.2 Å². The van der Waals surface area contributed by atoms with Crippen LogP contribution in [0.5, 0.6) is 0 Å². The summed E-state index contributed by atoms with van der Waals surface area (Å²) in [5, 5.41) is 3.49. The molecule has 1 aliphatic rings. The Morgan fingerprint density at radius 2 is 1.36 bits per heavy atom. The van der Waals surface area contributed by atoms with Crippen molar-refractivity contribution >= 4 is 0 Å². The first-order valence-corrected chi connectivity index (χ1v) is 8.03. The molecule has 1 aliphatic heterocycles. The number of benzene rings is 2. The van der Waals surface area contributed by atoms with E-state index in [9.17, 15) is 0 Å². The Hall–Kier alpha value is -1.68. The largest absolute Gasteiger partial charge is 0.379 e. The van der Waals surface area contributed by atoms with E-state index >= 15 is 0 Å². The maximum atomic E-state index is 5.39. The third-order valence-corrected chi connectivity index (χ3v) is 4.03. The van der Waals surface area contributed by atoms with Gasteiger partial charge in [-0.05, 0) is 16.7 Å². The molecule has 0 bridgehead atoms. The molecule has 22 heavy (non-hydrogen) atoms. The van der Waals surface area contributed by atoms with E-state index in [1.54, 1.807) is 0 Å². The van der Waals surface area contributed by atoms with E-state index in [2.05, 4.69) is 64.8 Å². The van der Waals surface area contributed by atoms with E-state index in [0.29, 0.717) is 0 Å². The van der Waals surface area contributed by atoms with Gasteiger partial charge in [0.05, 0.1) is 13.2 Å². The van der Waals surface area contributed by atoms with Crippen molar-refractivity contribution in [1.29, 1.82) is 0 Å². The molecule has 0 atom stereocenters. The zero-order valence-corrected chi connectivity index (χ0v) is 13.0. The lowest BCUT2D eigenvalue weighted by molar-refractivity contribution is 0.0342. The molecule has 3 heteroatoms. The van der Waals surface area contributed by atoms with Crippen LogP contribution in [-0.2, 0) is 24.4 Å². The number of hydrogen-bond acceptors (Lipinski definition) is 3. The number of ether oxygens (including phenoxy) is 1. The van der Waals surface area contributed by atoms with Gasteiger partial charge in [-0.25, -0.2) is 0 Å². The summed E-state index contributed by atoms with van der Waals surface area (Å²) in [6.07, 6.45) is 0. The van der Waals surface area contributed by atoms with Crippen molar-refractivity contribution in [2.45, 2.75) is 19.6 Å². The zero-order chi connectivity index (χ0) is 15.0. The quantitative estimate of drug-likeness (QED) is 0.887. The molecule has 2 aromatic rings. The second-order valence-corrected chi connectivity index (χ2v) is 5.79. The lowest BCUT2D eigenvalue weighted by Gasteiger charge is -2.26. The fraction of sp³-hybridized carbons (Fsp3) is 0.368. The van der Waals surface area contributed by atoms with Crippen molar-refractivity contribution in [3.05, 3.63) is 71.3 Å². The summed E-state index contributed by atoms with van der Waals surface area (Å²) in [5.74, 6) is 0. The molecule has 2 aromatic carbocycles. The Kier molecular flexibility index (Phi) is 5.59. The highest BCUT2D eigenvalue weighted by molar-refractivity contribution is 5.22. The standard InChI is InChI=1S/C19H24N2O/c1-2-4-17(5-3-1)14-20-15-18-6-8-19(9-7-18)16-21-10-12-22-13-11-21/h1-9,20H,10-16H2. The topological polar surface area (TPSA) is 24.5 Å². The predicted molar refractivity (Wildman–Crippen MR) is 89.5 cm³/mol. The molecule has 0 radical (unpaired) electrons. The van der Waals surface area contributed by atoms with Crippen LogP contribution >= 0.6 is 0 Å². The molecule has 0 unspecified atom stereocenters. The van der Waals surface area contributed by atoms with Crippen molar-refractivity contribution in [1.82, 2.24) is 10.2 Å². The molecule has 0 amide bonds. The number of rotatable bonds is 6. The minimum absolute atomic E-state index is 0.863. The average Bonchev–Trinajstić information content (AvgIpc) is 2.58. The molecule has 1 saturated heterocycles. The molecule has 1 fully saturated rings. The van der Waals surface area contributed by atoms with E-state index < -0.39 is 0 Å². The van der Waals surface area contributed by atoms with Crippen molar-refractivity contribution in [3.8, 4) is 0 Å². The predicted octanol–water partition coefficient (Wildman–Crippen LogP) is 2.81. The highest BCUT2D eigenvalue weighted by Crippen LogP contribution is 2.09. The second kappa shape index (κ2) is 8.08. The van der Waals surface area contributed by atoms with Crippen LogP contribution in [0.25, 0.3) is 0 Å². The summed E-state index contributed by atoms with van der Waals surface area (Å²) < 4.78 is 5.39. The van der Waals surface area contributed by atoms with Crippen LogP contribution in [0.2, 0.25) is 0 Å².